The van der Waals surface area contributed by atoms with Crippen LogP contribution >= 0.6 is 0 Å². The molecule has 0 amide bonds. The number of hydrogen-bond donors (Lipinski definition) is 2. The van der Waals surface area contributed by atoms with E-state index in [1.54, 1.807) is 0 Å². The number of allylic oxidation sites excluding steroid dienone is 1. The number of ether oxygens (including phenoxy) is 1. The van der Waals surface area contributed by atoms with Crippen molar-refractivity contribution in [2.75, 3.05) is 18.9 Å². The fraction of sp³-hybridized carbons (Fsp3) is 0.292. The van der Waals surface area contributed by atoms with Crippen LogP contribution in [0.25, 0.3) is 33.2 Å². The number of nitrogen functional groups attached to an aromatic ring is 1. The second-order valence-corrected chi connectivity index (χ2v) is 7.55. The van der Waals surface area contributed by atoms with Gasteiger partial charge in [-0.25, -0.2) is 9.97 Å². The van der Waals surface area contributed by atoms with Crippen LogP contribution < -0.4 is 11.2 Å². The number of nitrogens with two attached hydrogens (primary N) is 1. The molecule has 3 aromatic heterocycles. The highest BCUT2D eigenvalue weighted by molar-refractivity contribution is 6.05. The van der Waals surface area contributed by atoms with Gasteiger partial charge in [0.15, 0.2) is 5.82 Å². The van der Waals surface area contributed by atoms with Crippen molar-refractivity contribution in [3.63, 3.8) is 0 Å². The molecular weight excluding hydrogens is 404 g/mol. The summed E-state index contributed by atoms with van der Waals surface area (Å²) in [5.41, 5.74) is 15.0. The van der Waals surface area contributed by atoms with Crippen LogP contribution in [0, 0.1) is 0 Å². The van der Waals surface area contributed by atoms with E-state index >= 15 is 0 Å². The van der Waals surface area contributed by atoms with E-state index in [9.17, 15) is 0 Å². The first-order valence-corrected chi connectivity index (χ1v) is 10.7. The van der Waals surface area contributed by atoms with Crippen molar-refractivity contribution in [2.24, 2.45) is 0 Å². The van der Waals surface area contributed by atoms with Gasteiger partial charge in [-0.3, -0.25) is 15.3 Å². The minimum absolute atomic E-state index is 0.385. The van der Waals surface area contributed by atoms with Gasteiger partial charge in [0.05, 0.1) is 12.1 Å². The summed E-state index contributed by atoms with van der Waals surface area (Å²) in [6.45, 7) is 9.76. The highest BCUT2D eigenvalue weighted by Crippen LogP contribution is 2.30. The molecule has 0 aliphatic carbocycles. The Hall–Kier alpha value is -3.49. The van der Waals surface area contributed by atoms with E-state index < -0.39 is 0 Å². The molecule has 3 N–H and O–H groups in total. The van der Waals surface area contributed by atoms with Crippen LogP contribution in [-0.4, -0.2) is 32.7 Å². The summed E-state index contributed by atoms with van der Waals surface area (Å²) >= 11 is 0. The van der Waals surface area contributed by atoms with Gasteiger partial charge in [0.1, 0.15) is 29.0 Å². The van der Waals surface area contributed by atoms with Gasteiger partial charge in [-0.15, -0.1) is 0 Å². The number of anilines is 1. The van der Waals surface area contributed by atoms with Crippen LogP contribution in [0.3, 0.4) is 0 Å². The molecule has 0 aliphatic heterocycles. The summed E-state index contributed by atoms with van der Waals surface area (Å²) in [7, 11) is 0. The molecule has 0 spiro atoms. The van der Waals surface area contributed by atoms with E-state index in [0.29, 0.717) is 37.7 Å². The standard InChI is InChI=1S/C24H28N6O2/c1-4-31-15-20-28-22-23(30(20)11-8-12-32-29-16(2)3)21-19(27-24(22)25)13-18(14-26-21)17-9-6-5-7-10-17/h5-7,9-10,13-14,29H,2,4,8,11-12,15H2,1,3H3,(H2,25,27). The van der Waals surface area contributed by atoms with Crippen molar-refractivity contribution in [3.8, 4) is 11.1 Å². The van der Waals surface area contributed by atoms with Gasteiger partial charge in [0, 0.05) is 30.6 Å². The Balaban J connectivity index is 1.76. The maximum Gasteiger partial charge on any atom is 0.152 e. The molecule has 0 aliphatic rings. The molecule has 0 fully saturated rings. The van der Waals surface area contributed by atoms with E-state index in [1.807, 2.05) is 56.4 Å². The topological polar surface area (TPSA) is 100 Å². The van der Waals surface area contributed by atoms with Crippen molar-refractivity contribution >= 4 is 27.9 Å². The molecule has 0 saturated heterocycles. The fourth-order valence-corrected chi connectivity index (χ4v) is 3.62. The van der Waals surface area contributed by atoms with Gasteiger partial charge in [-0.05, 0) is 31.9 Å². The largest absolute Gasteiger partial charge is 0.382 e. The number of aromatic nitrogens is 4. The lowest BCUT2D eigenvalue weighted by Crippen LogP contribution is -2.14. The summed E-state index contributed by atoms with van der Waals surface area (Å²) < 4.78 is 7.77. The number of nitrogens with one attached hydrogen (secondary N) is 1. The maximum absolute atomic E-state index is 6.33. The summed E-state index contributed by atoms with van der Waals surface area (Å²) in [5.74, 6) is 1.18. The van der Waals surface area contributed by atoms with E-state index in [4.69, 9.17) is 25.3 Å². The molecule has 4 aromatic rings. The SMILES string of the molecule is C=C(C)NOCCCn1c(COCC)nc2c(N)nc3cc(-c4ccccc4)cnc3c21. The third-order valence-corrected chi connectivity index (χ3v) is 5.04. The minimum atomic E-state index is 0.385. The van der Waals surface area contributed by atoms with Crippen LogP contribution in [0.5, 0.6) is 0 Å². The number of rotatable bonds is 10. The van der Waals surface area contributed by atoms with Crippen molar-refractivity contribution < 1.29 is 9.57 Å². The highest BCUT2D eigenvalue weighted by atomic mass is 16.6. The molecule has 1 aromatic carbocycles. The Morgan fingerprint density at radius 1 is 1.16 bits per heavy atom. The molecule has 0 bridgehead atoms. The van der Waals surface area contributed by atoms with Crippen molar-refractivity contribution in [3.05, 3.63) is 60.7 Å². The number of hydrogen-bond acceptors (Lipinski definition) is 7. The second-order valence-electron chi connectivity index (χ2n) is 7.55. The molecule has 0 radical (unpaired) electrons. The van der Waals surface area contributed by atoms with Crippen molar-refractivity contribution in [2.45, 2.75) is 33.4 Å². The predicted molar refractivity (Wildman–Crippen MR) is 127 cm³/mol. The average molecular weight is 433 g/mol. The average Bonchev–Trinajstić information content (AvgIpc) is 3.16. The molecule has 166 valence electrons. The lowest BCUT2D eigenvalue weighted by Gasteiger charge is -2.12. The molecule has 8 heteroatoms. The number of fused-ring (bicyclic) bond motifs is 3. The molecule has 0 saturated carbocycles. The Bertz CT molecular complexity index is 1240. The third-order valence-electron chi connectivity index (χ3n) is 5.04. The molecule has 32 heavy (non-hydrogen) atoms. The maximum atomic E-state index is 6.33. The smallest absolute Gasteiger partial charge is 0.152 e. The first-order valence-electron chi connectivity index (χ1n) is 10.7. The zero-order chi connectivity index (χ0) is 22.5. The summed E-state index contributed by atoms with van der Waals surface area (Å²) in [5, 5.41) is 0. The van der Waals surface area contributed by atoms with E-state index in [1.165, 1.54) is 0 Å². The Labute approximate surface area is 187 Å². The lowest BCUT2D eigenvalue weighted by atomic mass is 10.1. The summed E-state index contributed by atoms with van der Waals surface area (Å²) in [6.07, 6.45) is 2.63. The number of nitrogens with zero attached hydrogens (tertiary/aromatic N) is 4. The van der Waals surface area contributed by atoms with E-state index in [2.05, 4.69) is 21.6 Å². The van der Waals surface area contributed by atoms with Gasteiger partial charge in [-0.2, -0.15) is 0 Å². The fourth-order valence-electron chi connectivity index (χ4n) is 3.62. The Morgan fingerprint density at radius 2 is 1.97 bits per heavy atom. The Kier molecular flexibility index (Phi) is 6.63. The zero-order valence-electron chi connectivity index (χ0n) is 18.5. The number of benzene rings is 1. The molecule has 8 nitrogen and oxygen atoms in total. The van der Waals surface area contributed by atoms with Gasteiger partial charge in [0.25, 0.3) is 0 Å². The van der Waals surface area contributed by atoms with E-state index in [0.717, 1.165) is 45.6 Å². The Morgan fingerprint density at radius 3 is 2.72 bits per heavy atom. The number of hydroxylamine groups is 1. The number of imidazole rings is 1. The predicted octanol–water partition coefficient (Wildman–Crippen LogP) is 4.21. The van der Waals surface area contributed by atoms with E-state index in [-0.39, 0.29) is 0 Å². The number of pyridine rings is 2. The lowest BCUT2D eigenvalue weighted by molar-refractivity contribution is 0.0589. The quantitative estimate of drug-likeness (QED) is 0.286. The highest BCUT2D eigenvalue weighted by Gasteiger charge is 2.18. The molecule has 0 atom stereocenters. The first-order chi connectivity index (χ1) is 15.6. The molecular formula is C24H28N6O2. The minimum Gasteiger partial charge on any atom is -0.382 e. The zero-order valence-corrected chi connectivity index (χ0v) is 18.5. The van der Waals surface area contributed by atoms with Crippen LogP contribution in [0.15, 0.2) is 54.9 Å². The van der Waals surface area contributed by atoms with Crippen LogP contribution in [0.2, 0.25) is 0 Å². The van der Waals surface area contributed by atoms with Gasteiger partial charge < -0.3 is 15.0 Å². The van der Waals surface area contributed by atoms with Gasteiger partial charge >= 0.3 is 0 Å². The number of aryl methyl sites for hydroxylation is 1. The molecule has 3 heterocycles. The van der Waals surface area contributed by atoms with Crippen LogP contribution in [0.1, 0.15) is 26.1 Å². The van der Waals surface area contributed by atoms with Gasteiger partial charge in [-0.1, -0.05) is 36.9 Å². The molecule has 4 rings (SSSR count). The monoisotopic (exact) mass is 432 g/mol. The van der Waals surface area contributed by atoms with Crippen molar-refractivity contribution in [1.29, 1.82) is 0 Å². The molecule has 0 unspecified atom stereocenters. The summed E-state index contributed by atoms with van der Waals surface area (Å²) in [6, 6.07) is 12.1. The third kappa shape index (κ3) is 4.56. The van der Waals surface area contributed by atoms with Crippen molar-refractivity contribution in [1.82, 2.24) is 25.0 Å². The summed E-state index contributed by atoms with van der Waals surface area (Å²) in [4.78, 5) is 19.6. The second kappa shape index (κ2) is 9.76. The normalized spacial score (nSPS) is 11.3. The van der Waals surface area contributed by atoms with Crippen LogP contribution in [-0.2, 0) is 22.7 Å². The first kappa shape index (κ1) is 21.7. The van der Waals surface area contributed by atoms with Crippen LogP contribution in [0.4, 0.5) is 5.82 Å². The van der Waals surface area contributed by atoms with Gasteiger partial charge in [0.2, 0.25) is 0 Å².